The molecule has 1 aromatic carbocycles. The molecule has 3 fully saturated rings. The van der Waals surface area contributed by atoms with Gasteiger partial charge in [-0.05, 0) is 111 Å². The molecule has 1 nitrogen and oxygen atoms in total. The molecule has 0 atom stereocenters. The van der Waals surface area contributed by atoms with Gasteiger partial charge in [-0.1, -0.05) is 97.0 Å². The number of hydrogen-bond donors (Lipinski definition) is 0. The van der Waals surface area contributed by atoms with E-state index in [0.29, 0.717) is 18.3 Å². The molecule has 0 heterocycles. The van der Waals surface area contributed by atoms with Gasteiger partial charge in [0.05, 0.1) is 6.61 Å². The summed E-state index contributed by atoms with van der Waals surface area (Å²) in [5, 5.41) is 0. The van der Waals surface area contributed by atoms with Crippen molar-refractivity contribution in [2.45, 2.75) is 154 Å². The highest BCUT2D eigenvalue weighted by Crippen LogP contribution is 2.44. The van der Waals surface area contributed by atoms with E-state index in [9.17, 15) is 4.39 Å². The summed E-state index contributed by atoms with van der Waals surface area (Å²) in [5.74, 6) is 5.80. The maximum Gasteiger partial charge on any atom is 0.165 e. The van der Waals surface area contributed by atoms with Crippen molar-refractivity contribution in [3.63, 3.8) is 0 Å². The van der Waals surface area contributed by atoms with E-state index in [4.69, 9.17) is 4.74 Å². The molecule has 0 spiro atoms. The Morgan fingerprint density at radius 3 is 1.75 bits per heavy atom. The standard InChI is InChI=1S/C38H61FO/c1-3-5-7-8-11-30-14-20-33(21-15-30)34-22-16-31(17-23-34)12-9-10-13-32-18-24-35(25-19-32)36-26-27-38(37(39)29-36)40-28-6-4-2/h3,26-27,29-35H,1,4-25,28H2,2H3. The maximum absolute atomic E-state index is 14.5. The third kappa shape index (κ3) is 10.3. The minimum atomic E-state index is -0.178. The molecule has 1 aromatic rings. The number of benzene rings is 1. The number of unbranched alkanes of at least 4 members (excludes halogenated alkanes) is 5. The Morgan fingerprint density at radius 2 is 1.25 bits per heavy atom. The van der Waals surface area contributed by atoms with Gasteiger partial charge in [0.2, 0.25) is 0 Å². The third-order valence-corrected chi connectivity index (χ3v) is 11.2. The van der Waals surface area contributed by atoms with E-state index in [1.807, 2.05) is 6.07 Å². The van der Waals surface area contributed by atoms with E-state index in [-0.39, 0.29) is 5.82 Å². The Balaban J connectivity index is 1.03. The van der Waals surface area contributed by atoms with Gasteiger partial charge in [-0.15, -0.1) is 12.8 Å². The Kier molecular flexibility index (Phi) is 14.0. The average Bonchev–Trinajstić information content (AvgIpc) is 2.99. The van der Waals surface area contributed by atoms with Gasteiger partial charge in [-0.2, -0.15) is 0 Å². The van der Waals surface area contributed by atoms with Gasteiger partial charge >= 0.3 is 0 Å². The first kappa shape index (κ1) is 31.7. The van der Waals surface area contributed by atoms with Crippen LogP contribution in [0.5, 0.6) is 5.75 Å². The molecule has 40 heavy (non-hydrogen) atoms. The summed E-state index contributed by atoms with van der Waals surface area (Å²) in [7, 11) is 0. The lowest BCUT2D eigenvalue weighted by Crippen LogP contribution is -2.26. The molecule has 3 saturated carbocycles. The predicted octanol–water partition coefficient (Wildman–Crippen LogP) is 12.1. The second-order valence-electron chi connectivity index (χ2n) is 14.0. The monoisotopic (exact) mass is 552 g/mol. The SMILES string of the molecule is [CH2+][CH-]CCCCC1CCC(C2CCC(CCCCC3CCC(c4ccc(OCCCC)c(F)c4)CC3)CC2)CC1. The lowest BCUT2D eigenvalue weighted by atomic mass is 9.68. The normalized spacial score (nSPS) is 29.4. The van der Waals surface area contributed by atoms with Gasteiger partial charge in [0.1, 0.15) is 0 Å². The molecule has 4 rings (SSSR count). The van der Waals surface area contributed by atoms with Crippen LogP contribution in [0.1, 0.15) is 160 Å². The second-order valence-corrected chi connectivity index (χ2v) is 14.0. The van der Waals surface area contributed by atoms with Crippen LogP contribution >= 0.6 is 0 Å². The molecular formula is C38H61FO. The van der Waals surface area contributed by atoms with Crippen molar-refractivity contribution in [2.24, 2.45) is 29.6 Å². The number of ether oxygens (including phenoxy) is 1. The molecule has 0 bridgehead atoms. The van der Waals surface area contributed by atoms with E-state index in [1.165, 1.54) is 134 Å². The van der Waals surface area contributed by atoms with Crippen molar-refractivity contribution in [2.75, 3.05) is 6.61 Å². The van der Waals surface area contributed by atoms with Crippen molar-refractivity contribution in [1.29, 1.82) is 0 Å². The predicted molar refractivity (Wildman–Crippen MR) is 169 cm³/mol. The van der Waals surface area contributed by atoms with E-state index in [0.717, 1.165) is 42.4 Å². The van der Waals surface area contributed by atoms with Gasteiger partial charge in [-0.25, -0.2) is 4.39 Å². The lowest BCUT2D eigenvalue weighted by molar-refractivity contribution is 0.139. The van der Waals surface area contributed by atoms with Crippen LogP contribution in [0.15, 0.2) is 18.2 Å². The summed E-state index contributed by atoms with van der Waals surface area (Å²) in [6, 6.07) is 5.72. The van der Waals surface area contributed by atoms with E-state index in [2.05, 4.69) is 26.3 Å². The van der Waals surface area contributed by atoms with Crippen molar-refractivity contribution >= 4 is 0 Å². The first-order valence-corrected chi connectivity index (χ1v) is 17.7. The smallest absolute Gasteiger partial charge is 0.165 e. The molecule has 226 valence electrons. The average molecular weight is 553 g/mol. The van der Waals surface area contributed by atoms with Crippen molar-refractivity contribution in [3.05, 3.63) is 42.9 Å². The zero-order chi connectivity index (χ0) is 28.0. The second kappa shape index (κ2) is 17.7. The Bertz CT molecular complexity index is 796. The van der Waals surface area contributed by atoms with Gasteiger partial charge in [0.15, 0.2) is 11.6 Å². The fraction of sp³-hybridized carbons (Fsp3) is 0.789. The van der Waals surface area contributed by atoms with Crippen molar-refractivity contribution in [1.82, 2.24) is 0 Å². The van der Waals surface area contributed by atoms with Gasteiger partial charge < -0.3 is 4.74 Å². The highest BCUT2D eigenvalue weighted by molar-refractivity contribution is 5.31. The van der Waals surface area contributed by atoms with Crippen LogP contribution < -0.4 is 4.74 Å². The van der Waals surface area contributed by atoms with Crippen LogP contribution in [0.25, 0.3) is 0 Å². The summed E-state index contributed by atoms with van der Waals surface area (Å²) in [5.41, 5.74) is 1.18. The molecule has 0 unspecified atom stereocenters. The van der Waals surface area contributed by atoms with Crippen LogP contribution in [-0.4, -0.2) is 6.61 Å². The molecule has 3 aliphatic rings. The Morgan fingerprint density at radius 1 is 0.725 bits per heavy atom. The first-order valence-electron chi connectivity index (χ1n) is 17.7. The Hall–Kier alpha value is -1.18. The van der Waals surface area contributed by atoms with Gasteiger partial charge in [0.25, 0.3) is 0 Å². The fourth-order valence-corrected chi connectivity index (χ4v) is 8.48. The largest absolute Gasteiger partial charge is 0.491 e. The van der Waals surface area contributed by atoms with Crippen LogP contribution in [0.4, 0.5) is 4.39 Å². The lowest BCUT2D eigenvalue weighted by Gasteiger charge is -2.38. The summed E-state index contributed by atoms with van der Waals surface area (Å²) in [6.45, 7) is 6.60. The molecule has 3 aliphatic carbocycles. The summed E-state index contributed by atoms with van der Waals surface area (Å²) < 4.78 is 20.1. The molecule has 2 heteroatoms. The molecule has 0 radical (unpaired) electrons. The third-order valence-electron chi connectivity index (χ3n) is 11.2. The fourth-order valence-electron chi connectivity index (χ4n) is 8.48. The van der Waals surface area contributed by atoms with Crippen molar-refractivity contribution in [3.8, 4) is 5.75 Å². The van der Waals surface area contributed by atoms with E-state index >= 15 is 0 Å². The quantitative estimate of drug-likeness (QED) is 0.146. The Labute approximate surface area is 247 Å². The summed E-state index contributed by atoms with van der Waals surface area (Å²) in [6.07, 6.45) is 32.6. The van der Waals surface area contributed by atoms with Crippen LogP contribution in [0, 0.1) is 48.8 Å². The highest BCUT2D eigenvalue weighted by atomic mass is 19.1. The molecule has 0 saturated heterocycles. The minimum Gasteiger partial charge on any atom is -0.491 e. The number of hydrogen-bond acceptors (Lipinski definition) is 1. The van der Waals surface area contributed by atoms with Crippen LogP contribution in [-0.2, 0) is 0 Å². The van der Waals surface area contributed by atoms with Crippen LogP contribution in [0.2, 0.25) is 0 Å². The van der Waals surface area contributed by atoms with Crippen molar-refractivity contribution < 1.29 is 9.13 Å². The molecule has 0 aromatic heterocycles. The van der Waals surface area contributed by atoms with E-state index in [1.54, 1.807) is 6.07 Å². The maximum atomic E-state index is 14.5. The summed E-state index contributed by atoms with van der Waals surface area (Å²) >= 11 is 0. The number of rotatable bonds is 16. The van der Waals surface area contributed by atoms with Gasteiger partial charge in [0, 0.05) is 0 Å². The van der Waals surface area contributed by atoms with Crippen LogP contribution in [0.3, 0.4) is 0 Å². The molecule has 0 amide bonds. The van der Waals surface area contributed by atoms with Gasteiger partial charge in [-0.3, -0.25) is 0 Å². The topological polar surface area (TPSA) is 9.23 Å². The molecular weight excluding hydrogens is 491 g/mol. The summed E-state index contributed by atoms with van der Waals surface area (Å²) in [4.78, 5) is 0. The zero-order valence-electron chi connectivity index (χ0n) is 26.0. The first-order chi connectivity index (χ1) is 19.7. The minimum absolute atomic E-state index is 0.178. The van der Waals surface area contributed by atoms with E-state index < -0.39 is 0 Å². The number of halogens is 1. The molecule has 0 N–H and O–H groups in total. The highest BCUT2D eigenvalue weighted by Gasteiger charge is 2.30. The molecule has 0 aliphatic heterocycles. The zero-order valence-corrected chi connectivity index (χ0v) is 26.0.